The van der Waals surface area contributed by atoms with Gasteiger partial charge in [0.1, 0.15) is 0 Å². The lowest BCUT2D eigenvalue weighted by molar-refractivity contribution is 1.06. The number of benzene rings is 1. The molecule has 1 aromatic carbocycles. The van der Waals surface area contributed by atoms with Crippen molar-refractivity contribution in [3.63, 3.8) is 0 Å². The second-order valence-electron chi connectivity index (χ2n) is 3.79. The first-order chi connectivity index (χ1) is 7.77. The zero-order chi connectivity index (χ0) is 11.4. The number of thioether (sulfide) groups is 1. The van der Waals surface area contributed by atoms with Crippen LogP contribution >= 0.6 is 24.0 Å². The van der Waals surface area contributed by atoms with Crippen LogP contribution in [0.2, 0.25) is 0 Å². The Bertz CT molecular complexity index is 392. The minimum absolute atomic E-state index is 0.475. The number of thiocarbonyl (C=S) groups is 1. The van der Waals surface area contributed by atoms with Gasteiger partial charge in [-0.1, -0.05) is 54.2 Å². The van der Waals surface area contributed by atoms with Crippen molar-refractivity contribution >= 4 is 28.2 Å². The van der Waals surface area contributed by atoms with E-state index in [2.05, 4.69) is 38.0 Å². The quantitative estimate of drug-likeness (QED) is 0.732. The molecule has 16 heavy (non-hydrogen) atoms. The van der Waals surface area contributed by atoms with E-state index < -0.39 is 0 Å². The van der Waals surface area contributed by atoms with Crippen molar-refractivity contribution in [1.29, 1.82) is 0 Å². The lowest BCUT2D eigenvalue weighted by Crippen LogP contribution is -2.04. The second-order valence-corrected chi connectivity index (χ2v) is 5.81. The maximum absolute atomic E-state index is 5.45. The van der Waals surface area contributed by atoms with Crippen LogP contribution in [-0.2, 0) is 0 Å². The Labute approximate surface area is 107 Å². The van der Waals surface area contributed by atoms with E-state index in [-0.39, 0.29) is 0 Å². The molecule has 0 heterocycles. The third-order valence-electron chi connectivity index (χ3n) is 2.62. The van der Waals surface area contributed by atoms with Gasteiger partial charge in [-0.15, -0.1) is 11.8 Å². The molecule has 1 aromatic rings. The predicted molar refractivity (Wildman–Crippen MR) is 76.5 cm³/mol. The molecular weight excluding hydrogens is 232 g/mol. The molecule has 0 fully saturated rings. The van der Waals surface area contributed by atoms with E-state index >= 15 is 0 Å². The lowest BCUT2D eigenvalue weighted by Gasteiger charge is -2.13. The first-order valence-corrected chi connectivity index (χ1v) is 6.68. The Morgan fingerprint density at radius 3 is 2.69 bits per heavy atom. The van der Waals surface area contributed by atoms with E-state index in [1.165, 1.54) is 5.57 Å². The summed E-state index contributed by atoms with van der Waals surface area (Å²) in [4.78, 5) is 0. The Balaban J connectivity index is 1.97. The second kappa shape index (κ2) is 5.65. The van der Waals surface area contributed by atoms with Gasteiger partial charge in [-0.05, 0) is 31.7 Å². The molecule has 0 aliphatic heterocycles. The van der Waals surface area contributed by atoms with Crippen molar-refractivity contribution in [2.45, 2.75) is 18.6 Å². The van der Waals surface area contributed by atoms with Crippen molar-refractivity contribution in [2.24, 2.45) is 0 Å². The van der Waals surface area contributed by atoms with E-state index in [9.17, 15) is 0 Å². The third kappa shape index (κ3) is 2.96. The molecule has 82 valence electrons. The van der Waals surface area contributed by atoms with Crippen LogP contribution in [0.3, 0.4) is 0 Å². The zero-order valence-corrected chi connectivity index (χ0v) is 10.9. The summed E-state index contributed by atoms with van der Waals surface area (Å²) in [5, 5.41) is 0.475. The number of hydrogen-bond acceptors (Lipinski definition) is 2. The first-order valence-electron chi connectivity index (χ1n) is 5.39. The van der Waals surface area contributed by atoms with Crippen LogP contribution in [0.15, 0.2) is 42.0 Å². The van der Waals surface area contributed by atoms with E-state index in [0.717, 1.165) is 16.2 Å². The summed E-state index contributed by atoms with van der Waals surface area (Å²) in [7, 11) is 0. The average Bonchev–Trinajstić information content (AvgIpc) is 2.83. The van der Waals surface area contributed by atoms with E-state index in [0.29, 0.717) is 5.25 Å². The molecule has 1 atom stereocenters. The lowest BCUT2D eigenvalue weighted by atomic mass is 10.2. The highest BCUT2D eigenvalue weighted by Crippen LogP contribution is 2.30. The molecule has 2 radical (unpaired) electrons. The summed E-state index contributed by atoms with van der Waals surface area (Å²) in [6, 6.07) is 10.2. The number of allylic oxidation sites excluding steroid dienone is 1. The molecule has 0 nitrogen and oxygen atoms in total. The number of rotatable bonds is 3. The highest BCUT2D eigenvalue weighted by Gasteiger charge is 2.15. The van der Waals surface area contributed by atoms with Crippen LogP contribution in [0.25, 0.3) is 0 Å². The van der Waals surface area contributed by atoms with Crippen molar-refractivity contribution in [1.82, 2.24) is 0 Å². The van der Waals surface area contributed by atoms with Crippen molar-refractivity contribution in [3.8, 4) is 0 Å². The zero-order valence-electron chi connectivity index (χ0n) is 9.22. The average molecular weight is 246 g/mol. The van der Waals surface area contributed by atoms with Gasteiger partial charge in [0, 0.05) is 5.25 Å². The van der Waals surface area contributed by atoms with Gasteiger partial charge in [-0.2, -0.15) is 0 Å². The molecule has 0 spiro atoms. The van der Waals surface area contributed by atoms with Crippen LogP contribution in [-0.4, -0.2) is 9.45 Å². The van der Waals surface area contributed by atoms with Crippen molar-refractivity contribution < 1.29 is 0 Å². The van der Waals surface area contributed by atoms with Gasteiger partial charge in [0.05, 0.1) is 4.20 Å². The van der Waals surface area contributed by atoms with Crippen LogP contribution in [0.4, 0.5) is 0 Å². The third-order valence-corrected chi connectivity index (χ3v) is 4.25. The Morgan fingerprint density at radius 2 is 2.06 bits per heavy atom. The summed E-state index contributed by atoms with van der Waals surface area (Å²) in [5.74, 6) is 0. The molecule has 1 aliphatic carbocycles. The molecule has 1 unspecified atom stereocenters. The summed E-state index contributed by atoms with van der Waals surface area (Å²) in [6.45, 7) is 2.22. The smallest absolute Gasteiger partial charge is 0.0784 e. The van der Waals surface area contributed by atoms with Crippen LogP contribution in [0.1, 0.15) is 18.9 Å². The van der Waals surface area contributed by atoms with Crippen molar-refractivity contribution in [2.75, 3.05) is 0 Å². The molecule has 2 heteroatoms. The van der Waals surface area contributed by atoms with E-state index in [1.54, 1.807) is 11.8 Å². The molecule has 0 saturated heterocycles. The minimum Gasteiger partial charge on any atom is -0.106 e. The maximum atomic E-state index is 5.45. The molecule has 2 rings (SSSR count). The SMILES string of the molecule is CC(SC(=S)c1ccccc1)C1=C[CH][CH]C1. The topological polar surface area (TPSA) is 0 Å². The Kier molecular flexibility index (Phi) is 4.19. The van der Waals surface area contributed by atoms with E-state index in [1.807, 2.05) is 18.2 Å². The fraction of sp³-hybridized carbons (Fsp3) is 0.214. The highest BCUT2D eigenvalue weighted by molar-refractivity contribution is 8.24. The predicted octanol–water partition coefficient (Wildman–Crippen LogP) is 4.22. The minimum atomic E-state index is 0.475. The maximum Gasteiger partial charge on any atom is 0.0784 e. The van der Waals surface area contributed by atoms with Gasteiger partial charge in [0.15, 0.2) is 0 Å². The fourth-order valence-electron chi connectivity index (χ4n) is 1.64. The summed E-state index contributed by atoms with van der Waals surface area (Å²) < 4.78 is 0.987. The molecule has 0 N–H and O–H groups in total. The molecular formula is C14H14S2. The summed E-state index contributed by atoms with van der Waals surface area (Å²) >= 11 is 7.22. The largest absolute Gasteiger partial charge is 0.106 e. The number of hydrogen-bond donors (Lipinski definition) is 0. The monoisotopic (exact) mass is 246 g/mol. The van der Waals surface area contributed by atoms with Gasteiger partial charge in [0.25, 0.3) is 0 Å². The normalized spacial score (nSPS) is 16.9. The molecule has 0 saturated carbocycles. The molecule has 0 amide bonds. The first kappa shape index (κ1) is 11.9. The van der Waals surface area contributed by atoms with Gasteiger partial charge in [-0.3, -0.25) is 0 Å². The van der Waals surface area contributed by atoms with Gasteiger partial charge in [0.2, 0.25) is 0 Å². The Hall–Kier alpha value is -0.600. The molecule has 1 aliphatic rings. The fourth-order valence-corrected chi connectivity index (χ4v) is 3.13. The van der Waals surface area contributed by atoms with Gasteiger partial charge in [-0.25, -0.2) is 0 Å². The van der Waals surface area contributed by atoms with Crippen LogP contribution < -0.4 is 0 Å². The van der Waals surface area contributed by atoms with Crippen molar-refractivity contribution in [3.05, 3.63) is 60.4 Å². The van der Waals surface area contributed by atoms with Crippen LogP contribution in [0, 0.1) is 12.8 Å². The van der Waals surface area contributed by atoms with E-state index in [4.69, 9.17) is 12.2 Å². The molecule has 0 bridgehead atoms. The van der Waals surface area contributed by atoms with Crippen LogP contribution in [0.5, 0.6) is 0 Å². The molecule has 0 aromatic heterocycles. The van der Waals surface area contributed by atoms with Gasteiger partial charge >= 0.3 is 0 Å². The highest BCUT2D eigenvalue weighted by atomic mass is 32.2. The Morgan fingerprint density at radius 1 is 1.31 bits per heavy atom. The standard InChI is InChI=1S/C14H14S2/c1-11(12-7-5-6-8-12)16-14(15)13-9-3-2-4-10-13/h2-7,9-11H,8H2,1H3. The summed E-state index contributed by atoms with van der Waals surface area (Å²) in [5.41, 5.74) is 2.61. The van der Waals surface area contributed by atoms with Gasteiger partial charge < -0.3 is 0 Å². The summed E-state index contributed by atoms with van der Waals surface area (Å²) in [6.07, 6.45) is 7.59.